The first kappa shape index (κ1) is 15.1. The number of anilines is 1. The Hall–Kier alpha value is -2.82. The topological polar surface area (TPSA) is 56.1 Å². The number of para-hydroxylation sites is 1. The van der Waals surface area contributed by atoms with E-state index in [9.17, 15) is 4.79 Å². The van der Waals surface area contributed by atoms with Crippen molar-refractivity contribution in [1.29, 1.82) is 0 Å². The Bertz CT molecular complexity index is 822. The number of amides is 1. The van der Waals surface area contributed by atoms with Crippen LogP contribution in [0.2, 0.25) is 0 Å². The van der Waals surface area contributed by atoms with Crippen LogP contribution in [0.25, 0.3) is 10.9 Å². The zero-order valence-corrected chi connectivity index (χ0v) is 13.2. The SMILES string of the molecule is CCOc1ccc(NC(=O)Cn2nc(C)c3ccccc32)cc1. The molecule has 118 valence electrons. The van der Waals surface area contributed by atoms with Gasteiger partial charge in [-0.05, 0) is 44.2 Å². The number of rotatable bonds is 5. The molecule has 2 aromatic carbocycles. The molecule has 23 heavy (non-hydrogen) atoms. The molecule has 1 amide bonds. The van der Waals surface area contributed by atoms with Gasteiger partial charge in [-0.25, -0.2) is 0 Å². The zero-order valence-electron chi connectivity index (χ0n) is 13.2. The second-order valence-corrected chi connectivity index (χ2v) is 5.27. The summed E-state index contributed by atoms with van der Waals surface area (Å²) in [6, 6.07) is 15.2. The predicted molar refractivity (Wildman–Crippen MR) is 90.7 cm³/mol. The van der Waals surface area contributed by atoms with E-state index >= 15 is 0 Å². The number of nitrogens with one attached hydrogen (secondary N) is 1. The van der Waals surface area contributed by atoms with E-state index in [4.69, 9.17) is 4.74 Å². The Morgan fingerprint density at radius 2 is 1.91 bits per heavy atom. The van der Waals surface area contributed by atoms with E-state index in [1.165, 1.54) is 0 Å². The molecule has 1 heterocycles. The number of aromatic nitrogens is 2. The molecule has 0 aliphatic carbocycles. The third-order valence-corrected chi connectivity index (χ3v) is 3.59. The fourth-order valence-electron chi connectivity index (χ4n) is 2.55. The van der Waals surface area contributed by atoms with Crippen molar-refractivity contribution in [2.24, 2.45) is 0 Å². The first-order valence-electron chi connectivity index (χ1n) is 7.62. The molecule has 1 aromatic heterocycles. The van der Waals surface area contributed by atoms with Crippen molar-refractivity contribution in [3.05, 3.63) is 54.2 Å². The third kappa shape index (κ3) is 3.34. The maximum absolute atomic E-state index is 12.2. The summed E-state index contributed by atoms with van der Waals surface area (Å²) < 4.78 is 7.12. The molecule has 5 heteroatoms. The molecule has 0 aliphatic rings. The van der Waals surface area contributed by atoms with E-state index in [-0.39, 0.29) is 12.5 Å². The lowest BCUT2D eigenvalue weighted by Crippen LogP contribution is -2.19. The van der Waals surface area contributed by atoms with Gasteiger partial charge < -0.3 is 10.1 Å². The van der Waals surface area contributed by atoms with Crippen LogP contribution in [0.3, 0.4) is 0 Å². The van der Waals surface area contributed by atoms with Gasteiger partial charge in [0, 0.05) is 11.1 Å². The van der Waals surface area contributed by atoms with Crippen molar-refractivity contribution in [3.63, 3.8) is 0 Å². The van der Waals surface area contributed by atoms with Gasteiger partial charge in [-0.1, -0.05) is 18.2 Å². The highest BCUT2D eigenvalue weighted by Crippen LogP contribution is 2.18. The summed E-state index contributed by atoms with van der Waals surface area (Å²) in [5, 5.41) is 8.39. The van der Waals surface area contributed by atoms with Crippen molar-refractivity contribution in [2.45, 2.75) is 20.4 Å². The van der Waals surface area contributed by atoms with Gasteiger partial charge in [0.25, 0.3) is 0 Å². The monoisotopic (exact) mass is 309 g/mol. The summed E-state index contributed by atoms with van der Waals surface area (Å²) >= 11 is 0. The molecule has 0 atom stereocenters. The van der Waals surface area contributed by atoms with Gasteiger partial charge in [-0.2, -0.15) is 5.10 Å². The molecular formula is C18H19N3O2. The summed E-state index contributed by atoms with van der Waals surface area (Å²) in [6.45, 7) is 4.69. The van der Waals surface area contributed by atoms with Gasteiger partial charge in [0.15, 0.2) is 0 Å². The first-order chi connectivity index (χ1) is 11.2. The fraction of sp³-hybridized carbons (Fsp3) is 0.222. The third-order valence-electron chi connectivity index (χ3n) is 3.59. The molecule has 1 N–H and O–H groups in total. The normalized spacial score (nSPS) is 10.7. The van der Waals surface area contributed by atoms with Gasteiger partial charge >= 0.3 is 0 Å². The summed E-state index contributed by atoms with van der Waals surface area (Å²) in [6.07, 6.45) is 0. The van der Waals surface area contributed by atoms with Gasteiger partial charge in [0.2, 0.25) is 5.91 Å². The average Bonchev–Trinajstić information content (AvgIpc) is 2.86. The fourth-order valence-corrected chi connectivity index (χ4v) is 2.55. The number of hydrogen-bond donors (Lipinski definition) is 1. The summed E-state index contributed by atoms with van der Waals surface area (Å²) in [5.74, 6) is 0.682. The maximum atomic E-state index is 12.2. The molecule has 0 saturated heterocycles. The van der Waals surface area contributed by atoms with E-state index in [1.807, 2.05) is 62.4 Å². The lowest BCUT2D eigenvalue weighted by atomic mass is 10.2. The number of hydrogen-bond acceptors (Lipinski definition) is 3. The van der Waals surface area contributed by atoms with Gasteiger partial charge in [0.1, 0.15) is 12.3 Å². The van der Waals surface area contributed by atoms with E-state index < -0.39 is 0 Å². The highest BCUT2D eigenvalue weighted by atomic mass is 16.5. The number of ether oxygens (including phenoxy) is 1. The first-order valence-corrected chi connectivity index (χ1v) is 7.62. The summed E-state index contributed by atoms with van der Waals surface area (Å²) in [7, 11) is 0. The van der Waals surface area contributed by atoms with Crippen LogP contribution in [0.4, 0.5) is 5.69 Å². The Kier molecular flexibility index (Phi) is 4.28. The Morgan fingerprint density at radius 1 is 1.17 bits per heavy atom. The quantitative estimate of drug-likeness (QED) is 0.786. The van der Waals surface area contributed by atoms with Crippen molar-refractivity contribution in [2.75, 3.05) is 11.9 Å². The average molecular weight is 309 g/mol. The molecule has 0 spiro atoms. The largest absolute Gasteiger partial charge is 0.494 e. The van der Waals surface area contributed by atoms with Crippen LogP contribution in [0.1, 0.15) is 12.6 Å². The number of carbonyl (C=O) groups excluding carboxylic acids is 1. The lowest BCUT2D eigenvalue weighted by molar-refractivity contribution is -0.116. The Labute approximate surface area is 134 Å². The van der Waals surface area contributed by atoms with Crippen LogP contribution in [0.15, 0.2) is 48.5 Å². The molecule has 0 saturated carbocycles. The minimum Gasteiger partial charge on any atom is -0.494 e. The number of carbonyl (C=O) groups is 1. The van der Waals surface area contributed by atoms with Crippen molar-refractivity contribution in [1.82, 2.24) is 9.78 Å². The number of aryl methyl sites for hydroxylation is 1. The van der Waals surface area contributed by atoms with Crippen LogP contribution < -0.4 is 10.1 Å². The van der Waals surface area contributed by atoms with Crippen LogP contribution >= 0.6 is 0 Å². The molecule has 0 bridgehead atoms. The smallest absolute Gasteiger partial charge is 0.246 e. The van der Waals surface area contributed by atoms with Crippen molar-refractivity contribution in [3.8, 4) is 5.75 Å². The second-order valence-electron chi connectivity index (χ2n) is 5.27. The summed E-state index contributed by atoms with van der Waals surface area (Å²) in [4.78, 5) is 12.2. The number of fused-ring (bicyclic) bond motifs is 1. The molecule has 0 fully saturated rings. The zero-order chi connectivity index (χ0) is 16.2. The van der Waals surface area contributed by atoms with E-state index in [2.05, 4.69) is 10.4 Å². The van der Waals surface area contributed by atoms with Gasteiger partial charge in [-0.3, -0.25) is 9.48 Å². The molecular weight excluding hydrogens is 290 g/mol. The van der Waals surface area contributed by atoms with Crippen LogP contribution in [0, 0.1) is 6.92 Å². The Balaban J connectivity index is 1.71. The van der Waals surface area contributed by atoms with Crippen LogP contribution in [0.5, 0.6) is 5.75 Å². The molecule has 5 nitrogen and oxygen atoms in total. The summed E-state index contributed by atoms with van der Waals surface area (Å²) in [5.41, 5.74) is 2.63. The van der Waals surface area contributed by atoms with Gasteiger partial charge in [-0.15, -0.1) is 0 Å². The van der Waals surface area contributed by atoms with Crippen molar-refractivity contribution < 1.29 is 9.53 Å². The minimum absolute atomic E-state index is 0.109. The highest BCUT2D eigenvalue weighted by Gasteiger charge is 2.10. The molecule has 0 aliphatic heterocycles. The molecule has 0 unspecified atom stereocenters. The van der Waals surface area contributed by atoms with E-state index in [1.54, 1.807) is 4.68 Å². The van der Waals surface area contributed by atoms with Gasteiger partial charge in [0.05, 0.1) is 17.8 Å². The van der Waals surface area contributed by atoms with E-state index in [0.29, 0.717) is 6.61 Å². The minimum atomic E-state index is -0.109. The van der Waals surface area contributed by atoms with E-state index in [0.717, 1.165) is 28.0 Å². The highest BCUT2D eigenvalue weighted by molar-refractivity contribution is 5.92. The Morgan fingerprint density at radius 3 is 2.65 bits per heavy atom. The molecule has 3 aromatic rings. The van der Waals surface area contributed by atoms with Crippen LogP contribution in [-0.4, -0.2) is 22.3 Å². The lowest BCUT2D eigenvalue weighted by Gasteiger charge is -2.08. The molecule has 0 radical (unpaired) electrons. The second kappa shape index (κ2) is 6.52. The maximum Gasteiger partial charge on any atom is 0.246 e. The standard InChI is InChI=1S/C18H19N3O2/c1-3-23-15-10-8-14(9-11-15)19-18(22)12-21-17-7-5-4-6-16(17)13(2)20-21/h4-11H,3,12H2,1-2H3,(H,19,22). The number of nitrogens with zero attached hydrogens (tertiary/aromatic N) is 2. The van der Waals surface area contributed by atoms with Crippen molar-refractivity contribution >= 4 is 22.5 Å². The number of benzene rings is 2. The molecule has 3 rings (SSSR count). The van der Waals surface area contributed by atoms with Crippen LogP contribution in [-0.2, 0) is 11.3 Å². The predicted octanol–water partition coefficient (Wildman–Crippen LogP) is 3.38.